The Hall–Kier alpha value is -0.620. The number of aliphatic hydroxyl groups is 2. The normalized spacial score (nSPS) is 16.2. The summed E-state index contributed by atoms with van der Waals surface area (Å²) in [6, 6.07) is 0. The van der Waals surface area contributed by atoms with Crippen LogP contribution in [0.2, 0.25) is 0 Å². The maximum absolute atomic E-state index is 11.4. The van der Waals surface area contributed by atoms with Gasteiger partial charge in [0.2, 0.25) is 5.91 Å². The van der Waals surface area contributed by atoms with Crippen LogP contribution >= 0.6 is 12.4 Å². The smallest absolute Gasteiger partial charge is 0.248 e. The van der Waals surface area contributed by atoms with E-state index < -0.39 is 23.3 Å². The largest absolute Gasteiger partial charge is 0.383 e. The molecule has 0 aliphatic rings. The van der Waals surface area contributed by atoms with Crippen molar-refractivity contribution < 1.29 is 15.0 Å². The van der Waals surface area contributed by atoms with E-state index in [4.69, 9.17) is 5.73 Å². The van der Waals surface area contributed by atoms with Gasteiger partial charge in [0.15, 0.2) is 6.23 Å². The number of nitrogens with one attached hydrogen (secondary N) is 1. The highest BCUT2D eigenvalue weighted by Crippen LogP contribution is 2.27. The summed E-state index contributed by atoms with van der Waals surface area (Å²) < 4.78 is 0. The van der Waals surface area contributed by atoms with E-state index in [9.17, 15) is 15.0 Å². The molecule has 0 saturated carbocycles. The molecule has 0 aliphatic heterocycles. The molecule has 5 N–H and O–H groups in total. The van der Waals surface area contributed by atoms with Crippen LogP contribution in [0.25, 0.3) is 0 Å². The first-order valence-electron chi connectivity index (χ1n) is 5.72. The van der Waals surface area contributed by atoms with Crippen molar-refractivity contribution in [3.63, 3.8) is 0 Å². The zero-order valence-electron chi connectivity index (χ0n) is 11.5. The summed E-state index contributed by atoms with van der Waals surface area (Å²) in [5.41, 5.74) is 3.52. The van der Waals surface area contributed by atoms with Crippen LogP contribution in [0, 0.1) is 0 Å². The van der Waals surface area contributed by atoms with E-state index in [0.29, 0.717) is 6.42 Å². The van der Waals surface area contributed by atoms with E-state index in [2.05, 4.69) is 11.9 Å². The Balaban J connectivity index is 0. The molecule has 0 rings (SSSR count). The van der Waals surface area contributed by atoms with E-state index in [1.54, 1.807) is 13.8 Å². The zero-order valence-corrected chi connectivity index (χ0v) is 12.3. The lowest BCUT2D eigenvalue weighted by atomic mass is 9.78. The van der Waals surface area contributed by atoms with Gasteiger partial charge in [0, 0.05) is 11.1 Å². The fourth-order valence-electron chi connectivity index (χ4n) is 1.56. The molecule has 0 aliphatic carbocycles. The van der Waals surface area contributed by atoms with E-state index in [1.165, 1.54) is 6.92 Å². The van der Waals surface area contributed by atoms with Crippen LogP contribution < -0.4 is 11.1 Å². The Morgan fingerprint density at radius 2 is 1.94 bits per heavy atom. The minimum atomic E-state index is -1.58. The summed E-state index contributed by atoms with van der Waals surface area (Å²) >= 11 is 0. The van der Waals surface area contributed by atoms with E-state index in [1.807, 2.05) is 6.92 Å². The van der Waals surface area contributed by atoms with E-state index in [-0.39, 0.29) is 24.4 Å². The summed E-state index contributed by atoms with van der Waals surface area (Å²) in [4.78, 5) is 11.4. The standard InChI is InChI=1S/C12H24N2O3.ClH/c1-6-7-12(17,11(4,5)13)10(16)14-9(15)8(2)3;/h10,16-17H,2,6-7,13H2,1,3-5H3,(H,14,15);1H. The molecule has 2 atom stereocenters. The molecular formula is C12H25ClN2O3. The number of rotatable bonds is 6. The van der Waals surface area contributed by atoms with Crippen LogP contribution in [0.3, 0.4) is 0 Å². The highest BCUT2D eigenvalue weighted by atomic mass is 35.5. The van der Waals surface area contributed by atoms with Gasteiger partial charge in [-0.15, -0.1) is 12.4 Å². The summed E-state index contributed by atoms with van der Waals surface area (Å²) in [6.07, 6.45) is -0.503. The molecule has 0 aromatic rings. The van der Waals surface area contributed by atoms with E-state index >= 15 is 0 Å². The fourth-order valence-corrected chi connectivity index (χ4v) is 1.56. The third-order valence-electron chi connectivity index (χ3n) is 2.85. The van der Waals surface area contributed by atoms with Gasteiger partial charge in [-0.3, -0.25) is 4.79 Å². The van der Waals surface area contributed by atoms with Crippen LogP contribution in [0.5, 0.6) is 0 Å². The lowest BCUT2D eigenvalue weighted by molar-refractivity contribution is -0.146. The molecule has 0 fully saturated rings. The second kappa shape index (κ2) is 7.09. The van der Waals surface area contributed by atoms with Crippen LogP contribution in [-0.2, 0) is 4.79 Å². The molecular weight excluding hydrogens is 256 g/mol. The van der Waals surface area contributed by atoms with Gasteiger partial charge in [-0.25, -0.2) is 0 Å². The molecule has 0 bridgehead atoms. The molecule has 6 heteroatoms. The maximum Gasteiger partial charge on any atom is 0.248 e. The van der Waals surface area contributed by atoms with Gasteiger partial charge < -0.3 is 21.3 Å². The number of halogens is 1. The van der Waals surface area contributed by atoms with Gasteiger partial charge in [-0.2, -0.15) is 0 Å². The zero-order chi connectivity index (χ0) is 13.9. The number of aliphatic hydroxyl groups excluding tert-OH is 1. The minimum absolute atomic E-state index is 0. The van der Waals surface area contributed by atoms with Crippen molar-refractivity contribution in [2.45, 2.75) is 57.9 Å². The predicted molar refractivity (Wildman–Crippen MR) is 74.3 cm³/mol. The average molecular weight is 281 g/mol. The summed E-state index contributed by atoms with van der Waals surface area (Å²) in [5.74, 6) is -0.503. The van der Waals surface area contributed by atoms with Gasteiger partial charge in [0.05, 0.1) is 0 Å². The maximum atomic E-state index is 11.4. The van der Waals surface area contributed by atoms with Crippen molar-refractivity contribution in [3.05, 3.63) is 12.2 Å². The second-order valence-corrected chi connectivity index (χ2v) is 5.05. The van der Waals surface area contributed by atoms with Crippen LogP contribution in [0.1, 0.15) is 40.5 Å². The van der Waals surface area contributed by atoms with Crippen molar-refractivity contribution in [1.82, 2.24) is 5.32 Å². The molecule has 1 amide bonds. The van der Waals surface area contributed by atoms with Gasteiger partial charge in [-0.05, 0) is 27.2 Å². The first-order valence-corrected chi connectivity index (χ1v) is 5.72. The Kier molecular flexibility index (Phi) is 7.76. The average Bonchev–Trinajstić information content (AvgIpc) is 2.15. The summed E-state index contributed by atoms with van der Waals surface area (Å²) in [7, 11) is 0. The highest BCUT2D eigenvalue weighted by molar-refractivity contribution is 5.92. The fraction of sp³-hybridized carbons (Fsp3) is 0.750. The van der Waals surface area contributed by atoms with Gasteiger partial charge in [0.1, 0.15) is 5.60 Å². The Bertz CT molecular complexity index is 302. The first kappa shape index (κ1) is 19.7. The number of amides is 1. The first-order chi connectivity index (χ1) is 7.56. The number of carbonyl (C=O) groups excluding carboxylic acids is 1. The highest BCUT2D eigenvalue weighted by Gasteiger charge is 2.46. The molecule has 0 spiro atoms. The number of hydrogen-bond acceptors (Lipinski definition) is 4. The van der Waals surface area contributed by atoms with Gasteiger partial charge in [0.25, 0.3) is 0 Å². The Labute approximate surface area is 115 Å². The molecule has 0 aromatic carbocycles. The van der Waals surface area contributed by atoms with Crippen molar-refractivity contribution in [1.29, 1.82) is 0 Å². The molecule has 0 saturated heterocycles. The monoisotopic (exact) mass is 280 g/mol. The minimum Gasteiger partial charge on any atom is -0.383 e. The lowest BCUT2D eigenvalue weighted by Crippen LogP contribution is -2.67. The quantitative estimate of drug-likeness (QED) is 0.425. The van der Waals surface area contributed by atoms with Crippen molar-refractivity contribution in [2.75, 3.05) is 0 Å². The molecule has 5 nitrogen and oxygen atoms in total. The number of nitrogens with two attached hydrogens (primary N) is 1. The molecule has 108 valence electrons. The van der Waals surface area contributed by atoms with Crippen molar-refractivity contribution in [3.8, 4) is 0 Å². The topological polar surface area (TPSA) is 95.6 Å². The van der Waals surface area contributed by atoms with Gasteiger partial charge in [-0.1, -0.05) is 19.9 Å². The van der Waals surface area contributed by atoms with Crippen molar-refractivity contribution >= 4 is 18.3 Å². The predicted octanol–water partition coefficient (Wildman–Crippen LogP) is 0.687. The molecule has 2 unspecified atom stereocenters. The third-order valence-corrected chi connectivity index (χ3v) is 2.85. The van der Waals surface area contributed by atoms with E-state index in [0.717, 1.165) is 0 Å². The lowest BCUT2D eigenvalue weighted by Gasteiger charge is -2.43. The number of hydrogen-bond donors (Lipinski definition) is 4. The second-order valence-electron chi connectivity index (χ2n) is 5.05. The number of carbonyl (C=O) groups is 1. The third kappa shape index (κ3) is 4.57. The summed E-state index contributed by atoms with van der Waals surface area (Å²) in [5, 5.41) is 22.7. The summed E-state index contributed by atoms with van der Waals surface area (Å²) in [6.45, 7) is 10.1. The molecule has 0 aromatic heterocycles. The molecule has 0 radical (unpaired) electrons. The van der Waals surface area contributed by atoms with Crippen LogP contribution in [0.15, 0.2) is 12.2 Å². The van der Waals surface area contributed by atoms with Crippen LogP contribution in [0.4, 0.5) is 0 Å². The van der Waals surface area contributed by atoms with Crippen LogP contribution in [-0.4, -0.2) is 33.5 Å². The SMILES string of the molecule is C=C(C)C(=O)NC(O)C(O)(CCC)C(C)(C)N.Cl. The molecule has 0 heterocycles. The molecule has 18 heavy (non-hydrogen) atoms. The Morgan fingerprint density at radius 1 is 1.50 bits per heavy atom. The van der Waals surface area contributed by atoms with Gasteiger partial charge >= 0.3 is 0 Å². The van der Waals surface area contributed by atoms with Crippen molar-refractivity contribution in [2.24, 2.45) is 5.73 Å². The Morgan fingerprint density at radius 3 is 2.22 bits per heavy atom.